The third-order valence-electron chi connectivity index (χ3n) is 2.29. The number of hydrogen-bond donors (Lipinski definition) is 0. The van der Waals surface area contributed by atoms with Crippen molar-refractivity contribution in [3.63, 3.8) is 0 Å². The van der Waals surface area contributed by atoms with Gasteiger partial charge in [-0.15, -0.1) is 0 Å². The Bertz CT molecular complexity index is 550. The average molecular weight is 255 g/mol. The summed E-state index contributed by atoms with van der Waals surface area (Å²) < 4.78 is 8.07. The van der Waals surface area contributed by atoms with E-state index in [9.17, 15) is 4.79 Å². The largest absolute Gasteiger partial charge is 0.489 e. The molecule has 0 bridgehead atoms. The number of aromatic nitrogens is 4. The summed E-state index contributed by atoms with van der Waals surface area (Å²) in [5.41, 5.74) is -0.292. The number of halogens is 1. The first-order valence-corrected chi connectivity index (χ1v) is 5.36. The number of ether oxygens (including phenoxy) is 1. The highest BCUT2D eigenvalue weighted by molar-refractivity contribution is 6.30. The van der Waals surface area contributed by atoms with Gasteiger partial charge < -0.3 is 4.74 Å². The second kappa shape index (κ2) is 5.01. The Morgan fingerprint density at radius 2 is 2.29 bits per heavy atom. The minimum absolute atomic E-state index is 0.0645. The first-order valence-electron chi connectivity index (χ1n) is 4.98. The fourth-order valence-corrected chi connectivity index (χ4v) is 1.63. The van der Waals surface area contributed by atoms with E-state index in [1.54, 1.807) is 10.9 Å². The molecule has 0 aliphatic rings. The molecular formula is C10H11ClN4O2. The number of methoxy groups -OCH3 is 1. The lowest BCUT2D eigenvalue weighted by molar-refractivity contribution is 0.396. The van der Waals surface area contributed by atoms with Gasteiger partial charge in [-0.3, -0.25) is 14.0 Å². The third-order valence-corrected chi connectivity index (χ3v) is 2.56. The van der Waals surface area contributed by atoms with E-state index in [0.717, 1.165) is 0 Å². The first-order chi connectivity index (χ1) is 8.22. The summed E-state index contributed by atoms with van der Waals surface area (Å²) >= 11 is 5.73. The van der Waals surface area contributed by atoms with Crippen LogP contribution in [0.5, 0.6) is 5.75 Å². The standard InChI is InChI=1S/C10H11ClN4O2/c1-17-8-9(11)12-7-14(10(8)16)5-6-15-4-2-3-13-15/h2-4,7H,5-6H2,1H3. The van der Waals surface area contributed by atoms with Gasteiger partial charge in [0, 0.05) is 18.9 Å². The van der Waals surface area contributed by atoms with Crippen LogP contribution in [0.15, 0.2) is 29.6 Å². The number of nitrogens with zero attached hydrogens (tertiary/aromatic N) is 4. The van der Waals surface area contributed by atoms with E-state index >= 15 is 0 Å². The Hall–Kier alpha value is -1.82. The van der Waals surface area contributed by atoms with Gasteiger partial charge in [0.1, 0.15) is 0 Å². The Morgan fingerprint density at radius 1 is 1.47 bits per heavy atom. The molecule has 2 heterocycles. The Labute approximate surface area is 102 Å². The van der Waals surface area contributed by atoms with Crippen LogP contribution < -0.4 is 10.3 Å². The molecule has 2 aromatic heterocycles. The molecule has 0 amide bonds. The summed E-state index contributed by atoms with van der Waals surface area (Å²) in [4.78, 5) is 15.7. The maximum atomic E-state index is 11.9. The molecule has 2 aromatic rings. The molecule has 0 saturated heterocycles. The van der Waals surface area contributed by atoms with Crippen LogP contribution in [0.2, 0.25) is 5.15 Å². The Balaban J connectivity index is 2.19. The zero-order valence-electron chi connectivity index (χ0n) is 9.21. The third kappa shape index (κ3) is 2.47. The van der Waals surface area contributed by atoms with Crippen molar-refractivity contribution in [3.05, 3.63) is 40.3 Å². The van der Waals surface area contributed by atoms with Gasteiger partial charge in [-0.05, 0) is 6.07 Å². The van der Waals surface area contributed by atoms with Crippen molar-refractivity contribution in [2.24, 2.45) is 0 Å². The molecule has 17 heavy (non-hydrogen) atoms. The van der Waals surface area contributed by atoms with Gasteiger partial charge in [0.05, 0.1) is 20.0 Å². The highest BCUT2D eigenvalue weighted by Gasteiger charge is 2.09. The van der Waals surface area contributed by atoms with E-state index in [0.29, 0.717) is 13.1 Å². The Morgan fingerprint density at radius 3 is 2.94 bits per heavy atom. The lowest BCUT2D eigenvalue weighted by Crippen LogP contribution is -2.24. The smallest absolute Gasteiger partial charge is 0.297 e. The number of hydrogen-bond acceptors (Lipinski definition) is 4. The van der Waals surface area contributed by atoms with Crippen LogP contribution in [-0.2, 0) is 13.1 Å². The molecule has 0 unspecified atom stereocenters. The summed E-state index contributed by atoms with van der Waals surface area (Å²) in [5, 5.41) is 4.12. The summed E-state index contributed by atoms with van der Waals surface area (Å²) in [6.45, 7) is 1.04. The minimum atomic E-state index is -0.292. The quantitative estimate of drug-likeness (QED) is 0.758. The van der Waals surface area contributed by atoms with Crippen LogP contribution in [0.4, 0.5) is 0 Å². The molecule has 0 aromatic carbocycles. The summed E-state index contributed by atoms with van der Waals surface area (Å²) in [7, 11) is 1.39. The average Bonchev–Trinajstić information content (AvgIpc) is 2.82. The summed E-state index contributed by atoms with van der Waals surface area (Å²) in [6.07, 6.45) is 4.91. The molecule has 2 rings (SSSR count). The second-order valence-electron chi connectivity index (χ2n) is 3.34. The van der Waals surface area contributed by atoms with E-state index in [4.69, 9.17) is 16.3 Å². The monoisotopic (exact) mass is 254 g/mol. The van der Waals surface area contributed by atoms with Gasteiger partial charge in [0.2, 0.25) is 5.75 Å². The van der Waals surface area contributed by atoms with Gasteiger partial charge in [-0.25, -0.2) is 4.98 Å². The summed E-state index contributed by atoms with van der Waals surface area (Å²) in [6, 6.07) is 1.82. The molecule has 0 aliphatic heterocycles. The van der Waals surface area contributed by atoms with E-state index in [-0.39, 0.29) is 16.5 Å². The predicted molar refractivity (Wildman–Crippen MR) is 62.3 cm³/mol. The van der Waals surface area contributed by atoms with Crippen molar-refractivity contribution in [1.29, 1.82) is 0 Å². The molecule has 7 heteroatoms. The molecule has 0 atom stereocenters. The Kier molecular flexibility index (Phi) is 3.43. The fraction of sp³-hybridized carbons (Fsp3) is 0.300. The van der Waals surface area contributed by atoms with E-state index in [1.807, 2.05) is 12.3 Å². The lowest BCUT2D eigenvalue weighted by Gasteiger charge is -2.08. The van der Waals surface area contributed by atoms with Gasteiger partial charge in [0.25, 0.3) is 5.56 Å². The first kappa shape index (κ1) is 11.7. The highest BCUT2D eigenvalue weighted by Crippen LogP contribution is 2.14. The van der Waals surface area contributed by atoms with Gasteiger partial charge in [0.15, 0.2) is 5.15 Å². The van der Waals surface area contributed by atoms with Crippen molar-refractivity contribution in [1.82, 2.24) is 19.3 Å². The maximum absolute atomic E-state index is 11.9. The highest BCUT2D eigenvalue weighted by atomic mass is 35.5. The van der Waals surface area contributed by atoms with Crippen LogP contribution in [0.25, 0.3) is 0 Å². The lowest BCUT2D eigenvalue weighted by atomic mass is 10.5. The number of rotatable bonds is 4. The fourth-order valence-electron chi connectivity index (χ4n) is 1.42. The zero-order valence-corrected chi connectivity index (χ0v) is 9.96. The molecule has 0 fully saturated rings. The molecule has 90 valence electrons. The molecule has 0 saturated carbocycles. The van der Waals surface area contributed by atoms with Crippen LogP contribution >= 0.6 is 11.6 Å². The molecule has 0 aliphatic carbocycles. The molecule has 0 spiro atoms. The van der Waals surface area contributed by atoms with Gasteiger partial charge >= 0.3 is 0 Å². The van der Waals surface area contributed by atoms with Crippen LogP contribution in [0, 0.1) is 0 Å². The van der Waals surface area contributed by atoms with Crippen molar-refractivity contribution in [2.75, 3.05) is 7.11 Å². The van der Waals surface area contributed by atoms with Crippen molar-refractivity contribution < 1.29 is 4.74 Å². The molecule has 0 N–H and O–H groups in total. The van der Waals surface area contributed by atoms with Crippen molar-refractivity contribution >= 4 is 11.6 Å². The minimum Gasteiger partial charge on any atom is -0.489 e. The van der Waals surface area contributed by atoms with Crippen molar-refractivity contribution in [3.8, 4) is 5.75 Å². The molecule has 0 radical (unpaired) electrons. The number of aryl methyl sites for hydroxylation is 2. The van der Waals surface area contributed by atoms with Crippen LogP contribution in [-0.4, -0.2) is 26.4 Å². The van der Waals surface area contributed by atoms with E-state index < -0.39 is 0 Å². The molecular weight excluding hydrogens is 244 g/mol. The topological polar surface area (TPSA) is 61.9 Å². The normalized spacial score (nSPS) is 10.5. The predicted octanol–water partition coefficient (Wildman–Crippen LogP) is 0.802. The van der Waals surface area contributed by atoms with Crippen LogP contribution in [0.3, 0.4) is 0 Å². The summed E-state index contributed by atoms with van der Waals surface area (Å²) in [5.74, 6) is 0.0645. The maximum Gasteiger partial charge on any atom is 0.297 e. The SMILES string of the molecule is COc1c(Cl)ncn(CCn2cccn2)c1=O. The zero-order chi connectivity index (χ0) is 12.3. The van der Waals surface area contributed by atoms with Gasteiger partial charge in [-0.1, -0.05) is 11.6 Å². The second-order valence-corrected chi connectivity index (χ2v) is 3.69. The van der Waals surface area contributed by atoms with E-state index in [2.05, 4.69) is 10.1 Å². The molecule has 6 nitrogen and oxygen atoms in total. The van der Waals surface area contributed by atoms with Crippen LogP contribution in [0.1, 0.15) is 0 Å². The van der Waals surface area contributed by atoms with Gasteiger partial charge in [-0.2, -0.15) is 5.10 Å². The van der Waals surface area contributed by atoms with Crippen molar-refractivity contribution in [2.45, 2.75) is 13.1 Å². The van der Waals surface area contributed by atoms with E-state index in [1.165, 1.54) is 18.0 Å².